The van der Waals surface area contributed by atoms with Crippen molar-refractivity contribution in [3.8, 4) is 5.75 Å². The standard InChI is InChI=1S/C16H20INO2/c1-16(2,3)12-6-8-18(9-7-12)15(20)11-4-5-13(17)14(19)10-11/h4-6,10,19H,7-9H2,1-3H3. The fraction of sp³-hybridized carbons (Fsp3) is 0.438. The zero-order valence-corrected chi connectivity index (χ0v) is 14.3. The summed E-state index contributed by atoms with van der Waals surface area (Å²) in [6.07, 6.45) is 3.08. The maximum Gasteiger partial charge on any atom is 0.254 e. The van der Waals surface area contributed by atoms with Crippen LogP contribution in [-0.4, -0.2) is 29.0 Å². The second-order valence-electron chi connectivity index (χ2n) is 6.15. The minimum Gasteiger partial charge on any atom is -0.507 e. The summed E-state index contributed by atoms with van der Waals surface area (Å²) in [5.74, 6) is 0.153. The lowest BCUT2D eigenvalue weighted by Crippen LogP contribution is -2.36. The molecule has 0 saturated heterocycles. The molecule has 108 valence electrons. The van der Waals surface area contributed by atoms with Crippen LogP contribution in [0.25, 0.3) is 0 Å². The van der Waals surface area contributed by atoms with Gasteiger partial charge in [-0.05, 0) is 52.6 Å². The molecule has 1 aromatic rings. The van der Waals surface area contributed by atoms with Gasteiger partial charge in [-0.25, -0.2) is 0 Å². The Balaban J connectivity index is 2.12. The van der Waals surface area contributed by atoms with E-state index in [4.69, 9.17) is 0 Å². The summed E-state index contributed by atoms with van der Waals surface area (Å²) in [4.78, 5) is 14.2. The SMILES string of the molecule is CC(C)(C)C1=CCN(C(=O)c2ccc(I)c(O)c2)CC1. The van der Waals surface area contributed by atoms with Crippen molar-refractivity contribution >= 4 is 28.5 Å². The quantitative estimate of drug-likeness (QED) is 0.590. The molecule has 0 unspecified atom stereocenters. The van der Waals surface area contributed by atoms with Gasteiger partial charge in [-0.15, -0.1) is 0 Å². The van der Waals surface area contributed by atoms with E-state index in [1.807, 2.05) is 27.5 Å². The number of rotatable bonds is 1. The average Bonchev–Trinajstić information content (AvgIpc) is 2.40. The van der Waals surface area contributed by atoms with Crippen LogP contribution in [-0.2, 0) is 0 Å². The lowest BCUT2D eigenvalue weighted by molar-refractivity contribution is 0.0764. The molecule has 0 fully saturated rings. The molecule has 0 aromatic heterocycles. The number of hydrogen-bond donors (Lipinski definition) is 1. The minimum absolute atomic E-state index is 0.0130. The van der Waals surface area contributed by atoms with Gasteiger partial charge in [0.1, 0.15) is 5.75 Å². The van der Waals surface area contributed by atoms with Gasteiger partial charge in [0.2, 0.25) is 0 Å². The molecule has 0 bridgehead atoms. The van der Waals surface area contributed by atoms with Gasteiger partial charge < -0.3 is 10.0 Å². The highest BCUT2D eigenvalue weighted by Gasteiger charge is 2.24. The van der Waals surface area contributed by atoms with E-state index in [1.165, 1.54) is 5.57 Å². The number of benzene rings is 1. The zero-order chi connectivity index (χ0) is 14.9. The summed E-state index contributed by atoms with van der Waals surface area (Å²) < 4.78 is 0.757. The van der Waals surface area contributed by atoms with Crippen molar-refractivity contribution in [2.24, 2.45) is 5.41 Å². The van der Waals surface area contributed by atoms with Gasteiger partial charge in [0.05, 0.1) is 3.57 Å². The first-order valence-corrected chi connectivity index (χ1v) is 7.84. The lowest BCUT2D eigenvalue weighted by atomic mass is 9.83. The molecule has 2 rings (SSSR count). The van der Waals surface area contributed by atoms with Gasteiger partial charge >= 0.3 is 0 Å². The lowest BCUT2D eigenvalue weighted by Gasteiger charge is -2.32. The highest BCUT2D eigenvalue weighted by atomic mass is 127. The molecule has 0 aliphatic carbocycles. The second kappa shape index (κ2) is 5.76. The summed E-state index contributed by atoms with van der Waals surface area (Å²) in [6.45, 7) is 8.00. The molecule has 4 heteroatoms. The van der Waals surface area contributed by atoms with Gasteiger partial charge in [-0.1, -0.05) is 32.4 Å². The van der Waals surface area contributed by atoms with E-state index in [0.717, 1.165) is 16.5 Å². The first kappa shape index (κ1) is 15.4. The maximum atomic E-state index is 12.4. The van der Waals surface area contributed by atoms with Crippen molar-refractivity contribution < 1.29 is 9.90 Å². The highest BCUT2D eigenvalue weighted by Crippen LogP contribution is 2.30. The summed E-state index contributed by atoms with van der Waals surface area (Å²) >= 11 is 2.05. The number of carbonyl (C=O) groups is 1. The van der Waals surface area contributed by atoms with Crippen molar-refractivity contribution in [3.05, 3.63) is 39.0 Å². The largest absolute Gasteiger partial charge is 0.507 e. The van der Waals surface area contributed by atoms with Gasteiger partial charge in [0.25, 0.3) is 5.91 Å². The third kappa shape index (κ3) is 3.34. The highest BCUT2D eigenvalue weighted by molar-refractivity contribution is 14.1. The number of phenolic OH excluding ortho intramolecular Hbond substituents is 1. The fourth-order valence-electron chi connectivity index (χ4n) is 2.36. The predicted molar refractivity (Wildman–Crippen MR) is 88.9 cm³/mol. The molecule has 1 heterocycles. The van der Waals surface area contributed by atoms with E-state index in [-0.39, 0.29) is 17.1 Å². The van der Waals surface area contributed by atoms with Gasteiger partial charge in [0.15, 0.2) is 0 Å². The second-order valence-corrected chi connectivity index (χ2v) is 7.31. The van der Waals surface area contributed by atoms with Crippen LogP contribution in [0, 0.1) is 8.99 Å². The number of carbonyl (C=O) groups excluding carboxylic acids is 1. The Morgan fingerprint density at radius 2 is 2.05 bits per heavy atom. The number of nitrogens with zero attached hydrogens (tertiary/aromatic N) is 1. The first-order valence-electron chi connectivity index (χ1n) is 6.76. The van der Waals surface area contributed by atoms with Gasteiger partial charge in [0, 0.05) is 18.7 Å². The molecule has 3 nitrogen and oxygen atoms in total. The Morgan fingerprint density at radius 1 is 1.35 bits per heavy atom. The molecule has 0 saturated carbocycles. The summed E-state index contributed by atoms with van der Waals surface area (Å²) in [6, 6.07) is 5.09. The molecule has 0 spiro atoms. The molecule has 1 N–H and O–H groups in total. The van der Waals surface area contributed by atoms with Crippen LogP contribution in [0.3, 0.4) is 0 Å². The smallest absolute Gasteiger partial charge is 0.254 e. The normalized spacial score (nSPS) is 16.0. The number of hydrogen-bond acceptors (Lipinski definition) is 2. The molecular weight excluding hydrogens is 365 g/mol. The summed E-state index contributed by atoms with van der Waals surface area (Å²) in [5, 5.41) is 9.71. The maximum absolute atomic E-state index is 12.4. The van der Waals surface area contributed by atoms with Crippen molar-refractivity contribution in [1.29, 1.82) is 0 Å². The van der Waals surface area contributed by atoms with Crippen molar-refractivity contribution in [1.82, 2.24) is 4.90 Å². The van der Waals surface area contributed by atoms with Crippen molar-refractivity contribution in [2.45, 2.75) is 27.2 Å². The van der Waals surface area contributed by atoms with Crippen LogP contribution in [0.15, 0.2) is 29.8 Å². The molecule has 1 aliphatic rings. The topological polar surface area (TPSA) is 40.5 Å². The van der Waals surface area contributed by atoms with E-state index in [0.29, 0.717) is 12.1 Å². The van der Waals surface area contributed by atoms with Crippen LogP contribution in [0.1, 0.15) is 37.6 Å². The first-order chi connectivity index (χ1) is 9.29. The van der Waals surface area contributed by atoms with Crippen LogP contribution >= 0.6 is 22.6 Å². The molecule has 1 amide bonds. The Morgan fingerprint density at radius 3 is 2.55 bits per heavy atom. The van der Waals surface area contributed by atoms with Gasteiger partial charge in [-0.3, -0.25) is 4.79 Å². The predicted octanol–water partition coefficient (Wildman–Crippen LogP) is 3.82. The zero-order valence-electron chi connectivity index (χ0n) is 12.1. The number of phenols is 1. The molecular formula is C16H20INO2. The third-order valence-electron chi connectivity index (χ3n) is 3.65. The average molecular weight is 385 g/mol. The summed E-state index contributed by atoms with van der Waals surface area (Å²) in [7, 11) is 0. The van der Waals surface area contributed by atoms with Crippen LogP contribution in [0.5, 0.6) is 5.75 Å². The molecule has 0 atom stereocenters. The Labute approximate surface area is 133 Å². The van der Waals surface area contributed by atoms with Crippen molar-refractivity contribution in [2.75, 3.05) is 13.1 Å². The minimum atomic E-state index is -0.0130. The summed E-state index contributed by atoms with van der Waals surface area (Å²) in [5.41, 5.74) is 2.14. The van der Waals surface area contributed by atoms with E-state index in [1.54, 1.807) is 18.2 Å². The fourth-order valence-corrected chi connectivity index (χ4v) is 2.70. The van der Waals surface area contributed by atoms with Crippen LogP contribution in [0.2, 0.25) is 0 Å². The number of amides is 1. The van der Waals surface area contributed by atoms with E-state index in [9.17, 15) is 9.90 Å². The van der Waals surface area contributed by atoms with Gasteiger partial charge in [-0.2, -0.15) is 0 Å². The molecule has 1 aliphatic heterocycles. The Bertz CT molecular complexity index is 558. The number of aromatic hydroxyl groups is 1. The van der Waals surface area contributed by atoms with Crippen LogP contribution < -0.4 is 0 Å². The van der Waals surface area contributed by atoms with E-state index < -0.39 is 0 Å². The van der Waals surface area contributed by atoms with E-state index >= 15 is 0 Å². The van der Waals surface area contributed by atoms with Crippen molar-refractivity contribution in [3.63, 3.8) is 0 Å². The Hall–Kier alpha value is -1.04. The molecule has 0 radical (unpaired) electrons. The van der Waals surface area contributed by atoms with E-state index in [2.05, 4.69) is 26.8 Å². The monoisotopic (exact) mass is 385 g/mol. The third-order valence-corrected chi connectivity index (χ3v) is 4.56. The molecule has 20 heavy (non-hydrogen) atoms. The Kier molecular flexibility index (Phi) is 4.42. The molecule has 1 aromatic carbocycles. The van der Waals surface area contributed by atoms with Crippen LogP contribution in [0.4, 0.5) is 0 Å². The number of halogens is 1.